The summed E-state index contributed by atoms with van der Waals surface area (Å²) in [6.45, 7) is 10.1. The van der Waals surface area contributed by atoms with Crippen LogP contribution in [0.1, 0.15) is 44.7 Å². The number of hydrogen-bond acceptors (Lipinski definition) is 4. The number of rotatable bonds is 10. The number of aliphatic imine (C=N–C) groups is 1. The molecule has 1 heterocycles. The van der Waals surface area contributed by atoms with E-state index < -0.39 is 0 Å². The molecule has 0 radical (unpaired) electrons. The van der Waals surface area contributed by atoms with Gasteiger partial charge in [0.25, 0.3) is 0 Å². The van der Waals surface area contributed by atoms with Gasteiger partial charge in [0.1, 0.15) is 5.75 Å². The van der Waals surface area contributed by atoms with Crippen molar-refractivity contribution in [3.05, 3.63) is 29.8 Å². The van der Waals surface area contributed by atoms with E-state index in [4.69, 9.17) is 14.5 Å². The summed E-state index contributed by atoms with van der Waals surface area (Å²) in [5.74, 6) is 1.75. The van der Waals surface area contributed by atoms with Gasteiger partial charge in [-0.1, -0.05) is 18.6 Å². The fourth-order valence-electron chi connectivity index (χ4n) is 3.39. The Bertz CT molecular complexity index is 542. The van der Waals surface area contributed by atoms with Crippen LogP contribution < -0.4 is 15.4 Å². The van der Waals surface area contributed by atoms with Gasteiger partial charge in [-0.2, -0.15) is 0 Å². The lowest BCUT2D eigenvalue weighted by molar-refractivity contribution is 0.152. The quantitative estimate of drug-likeness (QED) is 0.374. The Morgan fingerprint density at radius 1 is 1.11 bits per heavy atom. The minimum absolute atomic E-state index is 0.290. The van der Waals surface area contributed by atoms with Crippen LogP contribution in [-0.2, 0) is 4.74 Å². The number of benzene rings is 1. The Hall–Kier alpha value is -1.79. The van der Waals surface area contributed by atoms with Gasteiger partial charge in [-0.15, -0.1) is 0 Å². The second-order valence-electron chi connectivity index (χ2n) is 6.73. The summed E-state index contributed by atoms with van der Waals surface area (Å²) in [4.78, 5) is 7.44. The highest BCUT2D eigenvalue weighted by atomic mass is 16.5. The Labute approximate surface area is 164 Å². The van der Waals surface area contributed by atoms with Crippen LogP contribution in [0.2, 0.25) is 0 Å². The molecule has 0 amide bonds. The average Bonchev–Trinajstić information content (AvgIpc) is 2.72. The van der Waals surface area contributed by atoms with E-state index in [0.717, 1.165) is 51.0 Å². The third-order valence-electron chi connectivity index (χ3n) is 4.84. The predicted molar refractivity (Wildman–Crippen MR) is 112 cm³/mol. The molecule has 27 heavy (non-hydrogen) atoms. The number of methoxy groups -OCH3 is 1. The van der Waals surface area contributed by atoms with E-state index in [-0.39, 0.29) is 0 Å². The lowest BCUT2D eigenvalue weighted by Gasteiger charge is -2.34. The Morgan fingerprint density at radius 2 is 1.85 bits per heavy atom. The van der Waals surface area contributed by atoms with E-state index in [1.165, 1.54) is 24.8 Å². The van der Waals surface area contributed by atoms with Gasteiger partial charge in [-0.25, -0.2) is 0 Å². The van der Waals surface area contributed by atoms with Gasteiger partial charge < -0.3 is 20.1 Å². The normalized spacial score (nSPS) is 16.8. The van der Waals surface area contributed by atoms with Crippen LogP contribution in [0, 0.1) is 0 Å². The van der Waals surface area contributed by atoms with E-state index in [1.54, 1.807) is 7.11 Å². The molecule has 152 valence electrons. The summed E-state index contributed by atoms with van der Waals surface area (Å²) in [5.41, 5.74) is 1.30. The highest BCUT2D eigenvalue weighted by Gasteiger charge is 2.22. The third kappa shape index (κ3) is 7.39. The van der Waals surface area contributed by atoms with Crippen molar-refractivity contribution in [2.24, 2.45) is 4.99 Å². The van der Waals surface area contributed by atoms with Gasteiger partial charge in [0.2, 0.25) is 0 Å². The van der Waals surface area contributed by atoms with Crippen LogP contribution in [0.15, 0.2) is 29.3 Å². The zero-order valence-electron chi connectivity index (χ0n) is 17.2. The molecule has 1 aliphatic heterocycles. The Morgan fingerprint density at radius 3 is 2.48 bits per heavy atom. The molecule has 1 saturated heterocycles. The van der Waals surface area contributed by atoms with Crippen LogP contribution in [0.3, 0.4) is 0 Å². The van der Waals surface area contributed by atoms with Crippen molar-refractivity contribution in [3.63, 3.8) is 0 Å². The summed E-state index contributed by atoms with van der Waals surface area (Å²) in [5, 5.41) is 6.69. The number of hydrogen-bond donors (Lipinski definition) is 2. The molecule has 6 nitrogen and oxygen atoms in total. The summed E-state index contributed by atoms with van der Waals surface area (Å²) in [6.07, 6.45) is 3.86. The summed E-state index contributed by atoms with van der Waals surface area (Å²) in [6, 6.07) is 8.72. The van der Waals surface area contributed by atoms with Crippen molar-refractivity contribution in [2.75, 3.05) is 53.0 Å². The lowest BCUT2D eigenvalue weighted by atomic mass is 10.0. The first kappa shape index (κ1) is 21.5. The van der Waals surface area contributed by atoms with Gasteiger partial charge in [-0.05, 0) is 57.5 Å². The summed E-state index contributed by atoms with van der Waals surface area (Å²) in [7, 11) is 1.71. The molecule has 6 heteroatoms. The zero-order valence-corrected chi connectivity index (χ0v) is 17.2. The van der Waals surface area contributed by atoms with Crippen LogP contribution in [0.25, 0.3) is 0 Å². The van der Waals surface area contributed by atoms with Crippen LogP contribution in [-0.4, -0.2) is 63.9 Å². The fourth-order valence-corrected chi connectivity index (χ4v) is 3.39. The minimum Gasteiger partial charge on any atom is -0.497 e. The molecular weight excluding hydrogens is 340 g/mol. The van der Waals surface area contributed by atoms with Crippen molar-refractivity contribution in [1.82, 2.24) is 15.5 Å². The predicted octanol–water partition coefficient (Wildman–Crippen LogP) is 2.81. The molecule has 1 aliphatic rings. The number of likely N-dealkylation sites (tertiary alicyclic amines) is 1. The molecule has 1 unspecified atom stereocenters. The van der Waals surface area contributed by atoms with Gasteiger partial charge in [0.05, 0.1) is 26.3 Å². The van der Waals surface area contributed by atoms with Crippen molar-refractivity contribution >= 4 is 5.96 Å². The van der Waals surface area contributed by atoms with E-state index in [2.05, 4.69) is 34.6 Å². The maximum Gasteiger partial charge on any atom is 0.191 e. The maximum absolute atomic E-state index is 5.41. The van der Waals surface area contributed by atoms with E-state index >= 15 is 0 Å². The number of guanidine groups is 1. The van der Waals surface area contributed by atoms with Crippen molar-refractivity contribution < 1.29 is 9.47 Å². The van der Waals surface area contributed by atoms with Crippen molar-refractivity contribution in [1.29, 1.82) is 0 Å². The maximum atomic E-state index is 5.41. The lowest BCUT2D eigenvalue weighted by Crippen LogP contribution is -2.40. The molecule has 2 rings (SSSR count). The van der Waals surface area contributed by atoms with Crippen molar-refractivity contribution in [2.45, 2.75) is 39.2 Å². The molecule has 0 aromatic heterocycles. The van der Waals surface area contributed by atoms with Crippen LogP contribution >= 0.6 is 0 Å². The number of ether oxygens (including phenoxy) is 2. The Balaban J connectivity index is 2.08. The van der Waals surface area contributed by atoms with Crippen LogP contribution in [0.5, 0.6) is 5.75 Å². The molecular formula is C21H36N4O2. The number of nitrogens with one attached hydrogen (secondary N) is 2. The first-order valence-corrected chi connectivity index (χ1v) is 10.3. The number of nitrogens with zero attached hydrogens (tertiary/aromatic N) is 2. The Kier molecular flexibility index (Phi) is 10.0. The zero-order chi connectivity index (χ0) is 19.3. The number of piperidine rings is 1. The summed E-state index contributed by atoms with van der Waals surface area (Å²) < 4.78 is 10.7. The smallest absolute Gasteiger partial charge is 0.191 e. The molecule has 1 aromatic rings. The van der Waals surface area contributed by atoms with Crippen molar-refractivity contribution in [3.8, 4) is 5.75 Å². The molecule has 1 aromatic carbocycles. The minimum atomic E-state index is 0.290. The largest absolute Gasteiger partial charge is 0.497 e. The SMILES string of the molecule is CCNC(=NCC(c1ccc(OC)cc1)N1CCCCC1)NCCOCC. The standard InChI is InChI=1S/C21H36N4O2/c1-4-22-21(23-13-16-27-5-2)24-17-20(25-14-7-6-8-15-25)18-9-11-19(26-3)12-10-18/h9-12,20H,4-8,13-17H2,1-3H3,(H2,22,23,24). The van der Waals surface area contributed by atoms with Gasteiger partial charge in [0.15, 0.2) is 5.96 Å². The topological polar surface area (TPSA) is 58.1 Å². The monoisotopic (exact) mass is 376 g/mol. The summed E-state index contributed by atoms with van der Waals surface area (Å²) >= 11 is 0. The van der Waals surface area contributed by atoms with E-state index in [9.17, 15) is 0 Å². The highest BCUT2D eigenvalue weighted by Crippen LogP contribution is 2.26. The van der Waals surface area contributed by atoms with Gasteiger partial charge in [0, 0.05) is 19.7 Å². The molecule has 2 N–H and O–H groups in total. The average molecular weight is 377 g/mol. The third-order valence-corrected chi connectivity index (χ3v) is 4.84. The van der Waals surface area contributed by atoms with Gasteiger partial charge >= 0.3 is 0 Å². The highest BCUT2D eigenvalue weighted by molar-refractivity contribution is 5.79. The molecule has 0 spiro atoms. The molecule has 0 aliphatic carbocycles. The van der Waals surface area contributed by atoms with Gasteiger partial charge in [-0.3, -0.25) is 9.89 Å². The van der Waals surface area contributed by atoms with E-state index in [1.807, 2.05) is 19.1 Å². The second-order valence-corrected chi connectivity index (χ2v) is 6.73. The van der Waals surface area contributed by atoms with Crippen LogP contribution in [0.4, 0.5) is 0 Å². The molecule has 1 fully saturated rings. The first-order chi connectivity index (χ1) is 13.3. The second kappa shape index (κ2) is 12.6. The fraction of sp³-hybridized carbons (Fsp3) is 0.667. The first-order valence-electron chi connectivity index (χ1n) is 10.3. The molecule has 0 bridgehead atoms. The molecule has 1 atom stereocenters. The van der Waals surface area contributed by atoms with E-state index in [0.29, 0.717) is 12.6 Å². The molecule has 0 saturated carbocycles.